The number of nitrogens with one attached hydrogen (secondary N) is 1. The molecule has 3 rings (SSSR count). The lowest BCUT2D eigenvalue weighted by Gasteiger charge is -2.15. The molecule has 0 unspecified atom stereocenters. The Bertz CT molecular complexity index is 1060. The summed E-state index contributed by atoms with van der Waals surface area (Å²) in [6.45, 7) is 1.71. The monoisotopic (exact) mass is 385 g/mol. The third kappa shape index (κ3) is 3.91. The molecule has 2 aromatic carbocycles. The zero-order valence-corrected chi connectivity index (χ0v) is 15.9. The van der Waals surface area contributed by atoms with E-state index in [9.17, 15) is 13.2 Å². The third-order valence-electron chi connectivity index (χ3n) is 4.07. The third-order valence-corrected chi connectivity index (χ3v) is 6.03. The van der Waals surface area contributed by atoms with Crippen LogP contribution in [0.2, 0.25) is 0 Å². The fourth-order valence-corrected chi connectivity index (χ4v) is 3.64. The standard InChI is InChI=1S/C19H19N3O4S/c1-13-4-9-16(10-18(13)27(24,25)22(2)3)21-19(23)15-7-5-14(6-8-15)17-11-20-12-26-17/h4-12H,1-3H3,(H,21,23). The number of aromatic nitrogens is 1. The number of nitrogens with zero attached hydrogens (tertiary/aromatic N) is 2. The lowest BCUT2D eigenvalue weighted by molar-refractivity contribution is 0.102. The number of hydrogen-bond acceptors (Lipinski definition) is 5. The molecule has 140 valence electrons. The van der Waals surface area contributed by atoms with Crippen LogP contribution >= 0.6 is 0 Å². The average molecular weight is 385 g/mol. The van der Waals surface area contributed by atoms with Gasteiger partial charge in [-0.25, -0.2) is 17.7 Å². The fourth-order valence-electron chi connectivity index (χ4n) is 2.50. The number of anilines is 1. The van der Waals surface area contributed by atoms with Crippen molar-refractivity contribution >= 4 is 21.6 Å². The number of aryl methyl sites for hydroxylation is 1. The highest BCUT2D eigenvalue weighted by Gasteiger charge is 2.20. The van der Waals surface area contributed by atoms with Gasteiger partial charge in [-0.15, -0.1) is 0 Å². The molecule has 0 aliphatic carbocycles. The Morgan fingerprint density at radius 3 is 2.41 bits per heavy atom. The van der Waals surface area contributed by atoms with Crippen LogP contribution in [0.4, 0.5) is 5.69 Å². The zero-order chi connectivity index (χ0) is 19.6. The fraction of sp³-hybridized carbons (Fsp3) is 0.158. The molecule has 0 saturated heterocycles. The molecule has 3 aromatic rings. The predicted molar refractivity (Wildman–Crippen MR) is 102 cm³/mol. The van der Waals surface area contributed by atoms with Crippen LogP contribution in [-0.4, -0.2) is 37.7 Å². The van der Waals surface area contributed by atoms with Gasteiger partial charge in [0.05, 0.1) is 11.1 Å². The van der Waals surface area contributed by atoms with Crippen molar-refractivity contribution in [2.24, 2.45) is 0 Å². The molecule has 1 N–H and O–H groups in total. The summed E-state index contributed by atoms with van der Waals surface area (Å²) in [5, 5.41) is 2.73. The van der Waals surface area contributed by atoms with Crippen molar-refractivity contribution in [3.05, 3.63) is 66.2 Å². The summed E-state index contributed by atoms with van der Waals surface area (Å²) in [4.78, 5) is 16.5. The van der Waals surface area contributed by atoms with Crippen LogP contribution in [-0.2, 0) is 10.0 Å². The molecule has 1 aromatic heterocycles. The normalized spacial score (nSPS) is 11.6. The van der Waals surface area contributed by atoms with Crippen molar-refractivity contribution in [3.63, 3.8) is 0 Å². The molecule has 0 bridgehead atoms. The summed E-state index contributed by atoms with van der Waals surface area (Å²) in [5.41, 5.74) is 2.26. The molecule has 1 amide bonds. The maximum atomic E-state index is 12.5. The van der Waals surface area contributed by atoms with Gasteiger partial charge in [-0.05, 0) is 36.8 Å². The number of benzene rings is 2. The first-order chi connectivity index (χ1) is 12.8. The number of carbonyl (C=O) groups is 1. The average Bonchev–Trinajstić information content (AvgIpc) is 3.18. The van der Waals surface area contributed by atoms with Crippen LogP contribution < -0.4 is 5.32 Å². The SMILES string of the molecule is Cc1ccc(NC(=O)c2ccc(-c3cnco3)cc2)cc1S(=O)(=O)N(C)C. The number of amides is 1. The van der Waals surface area contributed by atoms with Crippen LogP contribution in [0, 0.1) is 6.92 Å². The van der Waals surface area contributed by atoms with E-state index in [0.717, 1.165) is 9.87 Å². The predicted octanol–water partition coefficient (Wildman–Crippen LogP) is 3.15. The summed E-state index contributed by atoms with van der Waals surface area (Å²) in [5.74, 6) is 0.273. The van der Waals surface area contributed by atoms with Crippen LogP contribution in [0.3, 0.4) is 0 Å². The summed E-state index contributed by atoms with van der Waals surface area (Å²) in [7, 11) is -0.659. The van der Waals surface area contributed by atoms with Gasteiger partial charge in [-0.2, -0.15) is 0 Å². The molecule has 0 aliphatic heterocycles. The lowest BCUT2D eigenvalue weighted by Crippen LogP contribution is -2.23. The first-order valence-corrected chi connectivity index (χ1v) is 9.56. The van der Waals surface area contributed by atoms with Crippen molar-refractivity contribution in [1.82, 2.24) is 9.29 Å². The van der Waals surface area contributed by atoms with E-state index < -0.39 is 10.0 Å². The Morgan fingerprint density at radius 1 is 1.11 bits per heavy atom. The number of oxazole rings is 1. The Balaban J connectivity index is 1.82. The first kappa shape index (κ1) is 18.8. The maximum absolute atomic E-state index is 12.5. The minimum Gasteiger partial charge on any atom is -0.444 e. The van der Waals surface area contributed by atoms with E-state index in [1.54, 1.807) is 49.5 Å². The van der Waals surface area contributed by atoms with Crippen molar-refractivity contribution < 1.29 is 17.6 Å². The van der Waals surface area contributed by atoms with Crippen molar-refractivity contribution in [3.8, 4) is 11.3 Å². The largest absolute Gasteiger partial charge is 0.444 e. The van der Waals surface area contributed by atoms with E-state index in [-0.39, 0.29) is 10.8 Å². The Kier molecular flexibility index (Phi) is 5.11. The number of sulfonamides is 1. The van der Waals surface area contributed by atoms with E-state index >= 15 is 0 Å². The molecule has 0 radical (unpaired) electrons. The van der Waals surface area contributed by atoms with Crippen LogP contribution in [0.5, 0.6) is 0 Å². The molecule has 0 atom stereocenters. The van der Waals surface area contributed by atoms with Crippen molar-refractivity contribution in [1.29, 1.82) is 0 Å². The van der Waals surface area contributed by atoms with Crippen LogP contribution in [0.25, 0.3) is 11.3 Å². The quantitative estimate of drug-likeness (QED) is 0.728. The van der Waals surface area contributed by atoms with Gasteiger partial charge in [0.2, 0.25) is 10.0 Å². The van der Waals surface area contributed by atoms with E-state index in [1.165, 1.54) is 26.6 Å². The molecular weight excluding hydrogens is 366 g/mol. The van der Waals surface area contributed by atoms with Gasteiger partial charge in [0.15, 0.2) is 12.2 Å². The second kappa shape index (κ2) is 7.34. The highest BCUT2D eigenvalue weighted by Crippen LogP contribution is 2.23. The molecule has 0 fully saturated rings. The minimum atomic E-state index is -3.60. The maximum Gasteiger partial charge on any atom is 0.255 e. The zero-order valence-electron chi connectivity index (χ0n) is 15.1. The topological polar surface area (TPSA) is 92.5 Å². The molecule has 27 heavy (non-hydrogen) atoms. The van der Waals surface area contributed by atoms with Gasteiger partial charge < -0.3 is 9.73 Å². The van der Waals surface area contributed by atoms with Crippen LogP contribution in [0.15, 0.2) is 64.4 Å². The van der Waals surface area contributed by atoms with Crippen molar-refractivity contribution in [2.75, 3.05) is 19.4 Å². The summed E-state index contributed by atoms with van der Waals surface area (Å²) < 4.78 is 31.2. The van der Waals surface area contributed by atoms with Gasteiger partial charge in [0.25, 0.3) is 5.91 Å². The molecule has 0 aliphatic rings. The van der Waals surface area contributed by atoms with Crippen LogP contribution in [0.1, 0.15) is 15.9 Å². The second-order valence-corrected chi connectivity index (χ2v) is 8.29. The van der Waals surface area contributed by atoms with Gasteiger partial charge in [0.1, 0.15) is 0 Å². The lowest BCUT2D eigenvalue weighted by atomic mass is 10.1. The molecule has 1 heterocycles. The highest BCUT2D eigenvalue weighted by atomic mass is 32.2. The van der Waals surface area contributed by atoms with Gasteiger partial charge in [-0.1, -0.05) is 18.2 Å². The molecular formula is C19H19N3O4S. The van der Waals surface area contributed by atoms with E-state index in [2.05, 4.69) is 10.3 Å². The number of carbonyl (C=O) groups excluding carboxylic acids is 1. The smallest absolute Gasteiger partial charge is 0.255 e. The molecule has 0 spiro atoms. The van der Waals surface area contributed by atoms with E-state index in [4.69, 9.17) is 4.42 Å². The van der Waals surface area contributed by atoms with Gasteiger partial charge in [0, 0.05) is 30.9 Å². The first-order valence-electron chi connectivity index (χ1n) is 8.12. The minimum absolute atomic E-state index is 0.158. The number of hydrogen-bond donors (Lipinski definition) is 1. The summed E-state index contributed by atoms with van der Waals surface area (Å²) in [6, 6.07) is 11.6. The van der Waals surface area contributed by atoms with E-state index in [0.29, 0.717) is 22.6 Å². The summed E-state index contributed by atoms with van der Waals surface area (Å²) >= 11 is 0. The highest BCUT2D eigenvalue weighted by molar-refractivity contribution is 7.89. The van der Waals surface area contributed by atoms with Gasteiger partial charge >= 0.3 is 0 Å². The molecule has 0 saturated carbocycles. The Morgan fingerprint density at radius 2 is 1.81 bits per heavy atom. The van der Waals surface area contributed by atoms with E-state index in [1.807, 2.05) is 0 Å². The molecule has 8 heteroatoms. The second-order valence-electron chi connectivity index (χ2n) is 6.16. The van der Waals surface area contributed by atoms with Crippen molar-refractivity contribution in [2.45, 2.75) is 11.8 Å². The Labute approximate surface area is 157 Å². The van der Waals surface area contributed by atoms with Gasteiger partial charge in [-0.3, -0.25) is 4.79 Å². The number of rotatable bonds is 5. The Hall–Kier alpha value is -2.97. The summed E-state index contributed by atoms with van der Waals surface area (Å²) in [6.07, 6.45) is 2.93. The molecule has 7 nitrogen and oxygen atoms in total.